The predicted octanol–water partition coefficient (Wildman–Crippen LogP) is 2.06. The Morgan fingerprint density at radius 2 is 1.91 bits per heavy atom. The lowest BCUT2D eigenvalue weighted by molar-refractivity contribution is -0.117. The van der Waals surface area contributed by atoms with Crippen LogP contribution in [0.4, 0.5) is 10.8 Å². The molecule has 0 spiro atoms. The molecule has 10 heteroatoms. The van der Waals surface area contributed by atoms with Crippen LogP contribution < -0.4 is 16.0 Å². The summed E-state index contributed by atoms with van der Waals surface area (Å²) in [6.07, 6.45) is 5.46. The molecule has 3 heterocycles. The van der Waals surface area contributed by atoms with E-state index in [1.165, 1.54) is 22.4 Å². The van der Waals surface area contributed by atoms with Gasteiger partial charge in [0.1, 0.15) is 10.8 Å². The molecule has 2 aromatic heterocycles. The number of hydrogen-bond acceptors (Lipinski definition) is 8. The number of nitrogens with zero attached hydrogens (tertiary/aromatic N) is 3. The highest BCUT2D eigenvalue weighted by atomic mass is 32.1. The zero-order valence-corrected chi connectivity index (χ0v) is 19.6. The average Bonchev–Trinajstić information content (AvgIpc) is 3.17. The van der Waals surface area contributed by atoms with E-state index in [1.807, 2.05) is 6.07 Å². The zero-order chi connectivity index (χ0) is 23.4. The summed E-state index contributed by atoms with van der Waals surface area (Å²) in [6.45, 7) is 5.21. The minimum absolute atomic E-state index is 0.138. The van der Waals surface area contributed by atoms with E-state index < -0.39 is 5.91 Å². The number of ether oxygens (including phenoxy) is 1. The Hall–Kier alpha value is -2.98. The zero-order valence-electron chi connectivity index (χ0n) is 18.8. The number of thiophene rings is 1. The van der Waals surface area contributed by atoms with Gasteiger partial charge in [-0.15, -0.1) is 11.3 Å². The summed E-state index contributed by atoms with van der Waals surface area (Å²) in [6, 6.07) is 3.54. The van der Waals surface area contributed by atoms with Crippen molar-refractivity contribution in [2.75, 3.05) is 49.5 Å². The summed E-state index contributed by atoms with van der Waals surface area (Å²) >= 11 is 1.48. The van der Waals surface area contributed by atoms with Crippen molar-refractivity contribution >= 4 is 39.9 Å². The van der Waals surface area contributed by atoms with Crippen molar-refractivity contribution in [1.29, 1.82) is 0 Å². The van der Waals surface area contributed by atoms with Gasteiger partial charge in [-0.05, 0) is 50.3 Å². The number of pyridine rings is 1. The molecule has 3 N–H and O–H groups in total. The number of fused-ring (bicyclic) bond motifs is 1. The van der Waals surface area contributed by atoms with E-state index in [0.717, 1.165) is 50.2 Å². The molecule has 2 amide bonds. The van der Waals surface area contributed by atoms with Crippen LogP contribution in [0.2, 0.25) is 0 Å². The van der Waals surface area contributed by atoms with Crippen LogP contribution in [0.5, 0.6) is 0 Å². The largest absolute Gasteiger partial charge is 0.462 e. The van der Waals surface area contributed by atoms with Crippen molar-refractivity contribution in [3.63, 3.8) is 0 Å². The maximum Gasteiger partial charge on any atom is 0.339 e. The van der Waals surface area contributed by atoms with Gasteiger partial charge in [0.2, 0.25) is 5.91 Å². The normalized spacial score (nSPS) is 16.2. The Bertz CT molecular complexity index is 1030. The fourth-order valence-corrected chi connectivity index (χ4v) is 5.64. The Morgan fingerprint density at radius 3 is 2.58 bits per heavy atom. The van der Waals surface area contributed by atoms with E-state index >= 15 is 0 Å². The maximum absolute atomic E-state index is 12.7. The Balaban J connectivity index is 1.31. The molecule has 9 nitrogen and oxygen atoms in total. The molecular formula is C23H29N5O4S. The van der Waals surface area contributed by atoms with Crippen LogP contribution in [-0.4, -0.2) is 67.0 Å². The first-order chi connectivity index (χ1) is 16.0. The monoisotopic (exact) mass is 471 g/mol. The fourth-order valence-electron chi connectivity index (χ4n) is 4.33. The van der Waals surface area contributed by atoms with Gasteiger partial charge in [0.15, 0.2) is 0 Å². The number of aromatic nitrogens is 1. The third-order valence-electron chi connectivity index (χ3n) is 5.99. The predicted molar refractivity (Wildman–Crippen MR) is 127 cm³/mol. The molecule has 176 valence electrons. The van der Waals surface area contributed by atoms with Crippen LogP contribution in [0.1, 0.15) is 50.9 Å². The highest BCUT2D eigenvalue weighted by Crippen LogP contribution is 2.37. The molecule has 2 aliphatic rings. The Labute approximate surface area is 196 Å². The molecule has 1 fully saturated rings. The molecule has 0 saturated carbocycles. The van der Waals surface area contributed by atoms with Gasteiger partial charge >= 0.3 is 5.97 Å². The van der Waals surface area contributed by atoms with Gasteiger partial charge in [-0.25, -0.2) is 9.78 Å². The number of anilines is 2. The van der Waals surface area contributed by atoms with Crippen molar-refractivity contribution in [2.24, 2.45) is 5.73 Å². The minimum Gasteiger partial charge on any atom is -0.462 e. The van der Waals surface area contributed by atoms with E-state index in [9.17, 15) is 14.4 Å². The van der Waals surface area contributed by atoms with Gasteiger partial charge < -0.3 is 20.7 Å². The lowest BCUT2D eigenvalue weighted by Crippen LogP contribution is -2.49. The molecule has 0 atom stereocenters. The Kier molecular flexibility index (Phi) is 7.24. The van der Waals surface area contributed by atoms with Gasteiger partial charge in [0.25, 0.3) is 5.91 Å². The van der Waals surface area contributed by atoms with E-state index in [4.69, 9.17) is 10.5 Å². The highest BCUT2D eigenvalue weighted by molar-refractivity contribution is 7.17. The summed E-state index contributed by atoms with van der Waals surface area (Å²) < 4.78 is 4.99. The Morgan fingerprint density at radius 1 is 1.15 bits per heavy atom. The van der Waals surface area contributed by atoms with E-state index in [-0.39, 0.29) is 18.4 Å². The molecular weight excluding hydrogens is 442 g/mol. The standard InChI is InChI=1S/C23H29N5O4S/c1-2-32-23(31)15-7-8-18(25-13-15)28-11-9-27(10-12-28)14-19(29)26-22-20(21(24)30)16-5-3-4-6-17(16)33-22/h7-8,13H,2-6,9-12,14H2,1H3,(H2,24,30)(H,26,29). The molecule has 0 aromatic carbocycles. The first-order valence-corrected chi connectivity index (χ1v) is 12.1. The fraction of sp³-hybridized carbons (Fsp3) is 0.478. The molecule has 1 aliphatic heterocycles. The van der Waals surface area contributed by atoms with Crippen LogP contribution in [0.3, 0.4) is 0 Å². The first-order valence-electron chi connectivity index (χ1n) is 11.3. The number of nitrogens with one attached hydrogen (secondary N) is 1. The van der Waals surface area contributed by atoms with Crippen molar-refractivity contribution in [2.45, 2.75) is 32.6 Å². The van der Waals surface area contributed by atoms with E-state index in [1.54, 1.807) is 13.0 Å². The van der Waals surface area contributed by atoms with Crippen molar-refractivity contribution in [3.05, 3.63) is 39.9 Å². The number of hydrogen-bond donors (Lipinski definition) is 2. The van der Waals surface area contributed by atoms with E-state index in [2.05, 4.69) is 20.1 Å². The third kappa shape index (κ3) is 5.33. The second kappa shape index (κ2) is 10.3. The molecule has 1 aliphatic carbocycles. The third-order valence-corrected chi connectivity index (χ3v) is 7.20. The smallest absolute Gasteiger partial charge is 0.339 e. The molecule has 33 heavy (non-hydrogen) atoms. The van der Waals surface area contributed by atoms with Gasteiger partial charge in [-0.3, -0.25) is 14.5 Å². The van der Waals surface area contributed by atoms with E-state index in [0.29, 0.717) is 35.8 Å². The molecule has 0 unspecified atom stereocenters. The van der Waals surface area contributed by atoms with Crippen LogP contribution in [0.25, 0.3) is 0 Å². The lowest BCUT2D eigenvalue weighted by atomic mass is 9.95. The van der Waals surface area contributed by atoms with Gasteiger partial charge in [-0.1, -0.05) is 0 Å². The topological polar surface area (TPSA) is 118 Å². The summed E-state index contributed by atoms with van der Waals surface area (Å²) in [4.78, 5) is 46.3. The number of piperazine rings is 1. The number of primary amides is 1. The minimum atomic E-state index is -0.472. The van der Waals surface area contributed by atoms with Crippen molar-refractivity contribution < 1.29 is 19.1 Å². The molecule has 0 bridgehead atoms. The summed E-state index contributed by atoms with van der Waals surface area (Å²) in [5.74, 6) is -0.192. The number of rotatable bonds is 7. The molecule has 0 radical (unpaired) electrons. The van der Waals surface area contributed by atoms with Gasteiger partial charge in [0.05, 0.1) is 24.3 Å². The van der Waals surface area contributed by atoms with Crippen molar-refractivity contribution in [1.82, 2.24) is 9.88 Å². The lowest BCUT2D eigenvalue weighted by Gasteiger charge is -2.35. The maximum atomic E-state index is 12.7. The number of carbonyl (C=O) groups excluding carboxylic acids is 3. The number of nitrogens with two attached hydrogens (primary N) is 1. The second-order valence-electron chi connectivity index (χ2n) is 8.22. The molecule has 4 rings (SSSR count). The summed E-state index contributed by atoms with van der Waals surface area (Å²) in [7, 11) is 0. The molecule has 2 aromatic rings. The summed E-state index contributed by atoms with van der Waals surface area (Å²) in [5, 5.41) is 3.52. The number of carbonyl (C=O) groups is 3. The quantitative estimate of drug-likeness (QED) is 0.594. The van der Waals surface area contributed by atoms with Crippen molar-refractivity contribution in [3.8, 4) is 0 Å². The first kappa shape index (κ1) is 23.2. The van der Waals surface area contributed by atoms with Gasteiger partial charge in [0, 0.05) is 37.3 Å². The molecule has 1 saturated heterocycles. The number of aryl methyl sites for hydroxylation is 1. The number of amides is 2. The number of esters is 1. The van der Waals surface area contributed by atoms with Crippen LogP contribution >= 0.6 is 11.3 Å². The SMILES string of the molecule is CCOC(=O)c1ccc(N2CCN(CC(=O)Nc3sc4c(c3C(N)=O)CCCC4)CC2)nc1. The average molecular weight is 472 g/mol. The highest BCUT2D eigenvalue weighted by Gasteiger charge is 2.26. The van der Waals surface area contributed by atoms with Crippen LogP contribution in [0.15, 0.2) is 18.3 Å². The van der Waals surface area contributed by atoms with Gasteiger partial charge in [-0.2, -0.15) is 0 Å². The van der Waals surface area contributed by atoms with Crippen LogP contribution in [-0.2, 0) is 22.4 Å². The second-order valence-corrected chi connectivity index (χ2v) is 9.32. The summed E-state index contributed by atoms with van der Waals surface area (Å²) in [5.41, 5.74) is 7.56. The van der Waals surface area contributed by atoms with Crippen LogP contribution in [0, 0.1) is 0 Å².